The smallest absolute Gasteiger partial charge is 0.319 e. The predicted octanol–water partition coefficient (Wildman–Crippen LogP) is 2.50. The maximum absolute atomic E-state index is 12.5. The lowest BCUT2D eigenvalue weighted by Gasteiger charge is -2.34. The molecule has 6 nitrogen and oxygen atoms in total. The van der Waals surface area contributed by atoms with Gasteiger partial charge in [-0.05, 0) is 63.4 Å². The van der Waals surface area contributed by atoms with Crippen LogP contribution in [-0.4, -0.2) is 74.2 Å². The van der Waals surface area contributed by atoms with E-state index in [4.69, 9.17) is 0 Å². The summed E-state index contributed by atoms with van der Waals surface area (Å²) in [4.78, 5) is 19.8. The molecule has 0 spiro atoms. The summed E-state index contributed by atoms with van der Waals surface area (Å²) >= 11 is 0. The van der Waals surface area contributed by atoms with Crippen LogP contribution >= 0.6 is 0 Å². The molecule has 0 aromatic heterocycles. The van der Waals surface area contributed by atoms with Crippen molar-refractivity contribution in [2.75, 3.05) is 56.5 Å². The number of benzene rings is 1. The van der Waals surface area contributed by atoms with Gasteiger partial charge in [-0.15, -0.1) is 0 Å². The van der Waals surface area contributed by atoms with E-state index in [1.807, 2.05) is 0 Å². The van der Waals surface area contributed by atoms with Gasteiger partial charge < -0.3 is 25.3 Å². The van der Waals surface area contributed by atoms with E-state index in [1.165, 1.54) is 24.1 Å². The standard InChI is InChI=1S/C21H33N5O/c1-16-13-18(15-20(14-16)26-11-9-24(2)10-12-26)23-21(27)22-17-5-7-25(8-6-17)19-3-4-19/h13-15,17,19H,3-12H2,1-2H3,(H2,22,23,27). The van der Waals surface area contributed by atoms with Gasteiger partial charge in [0.05, 0.1) is 0 Å². The summed E-state index contributed by atoms with van der Waals surface area (Å²) in [6, 6.07) is 7.42. The Balaban J connectivity index is 1.31. The lowest BCUT2D eigenvalue weighted by Crippen LogP contribution is -2.46. The molecule has 2 amide bonds. The molecule has 1 saturated carbocycles. The van der Waals surface area contributed by atoms with Crippen LogP contribution in [-0.2, 0) is 0 Å². The number of likely N-dealkylation sites (N-methyl/N-ethyl adjacent to an activating group) is 1. The first-order chi connectivity index (χ1) is 13.1. The van der Waals surface area contributed by atoms with E-state index in [9.17, 15) is 4.79 Å². The largest absolute Gasteiger partial charge is 0.369 e. The van der Waals surface area contributed by atoms with Crippen LogP contribution in [0.2, 0.25) is 0 Å². The second-order valence-electron chi connectivity index (χ2n) is 8.49. The van der Waals surface area contributed by atoms with Crippen molar-refractivity contribution in [3.8, 4) is 0 Å². The van der Waals surface area contributed by atoms with Crippen LogP contribution in [0, 0.1) is 6.92 Å². The van der Waals surface area contributed by atoms with Crippen LogP contribution in [0.25, 0.3) is 0 Å². The molecule has 0 radical (unpaired) electrons. The topological polar surface area (TPSA) is 50.9 Å². The highest BCUT2D eigenvalue weighted by atomic mass is 16.2. The van der Waals surface area contributed by atoms with E-state index >= 15 is 0 Å². The summed E-state index contributed by atoms with van der Waals surface area (Å²) in [5.41, 5.74) is 3.27. The number of nitrogens with one attached hydrogen (secondary N) is 2. The first kappa shape index (κ1) is 18.6. The molecule has 1 aliphatic carbocycles. The molecule has 0 bridgehead atoms. The summed E-state index contributed by atoms with van der Waals surface area (Å²) in [7, 11) is 2.17. The number of carbonyl (C=O) groups is 1. The molecular weight excluding hydrogens is 338 g/mol. The highest BCUT2D eigenvalue weighted by Gasteiger charge is 2.32. The van der Waals surface area contributed by atoms with E-state index in [0.29, 0.717) is 6.04 Å². The third-order valence-corrected chi connectivity index (χ3v) is 6.12. The zero-order chi connectivity index (χ0) is 18.8. The van der Waals surface area contributed by atoms with Crippen molar-refractivity contribution in [2.45, 2.75) is 44.7 Å². The van der Waals surface area contributed by atoms with E-state index < -0.39 is 0 Å². The minimum absolute atomic E-state index is 0.0743. The van der Waals surface area contributed by atoms with E-state index in [1.54, 1.807) is 0 Å². The lowest BCUT2D eigenvalue weighted by atomic mass is 10.1. The van der Waals surface area contributed by atoms with Crippen LogP contribution in [0.1, 0.15) is 31.2 Å². The van der Waals surface area contributed by atoms with Crippen LogP contribution in [0.15, 0.2) is 18.2 Å². The first-order valence-electron chi connectivity index (χ1n) is 10.4. The zero-order valence-electron chi connectivity index (χ0n) is 16.7. The normalized spacial score (nSPS) is 22.7. The number of carbonyl (C=O) groups excluding carboxylic acids is 1. The number of piperazine rings is 1. The average Bonchev–Trinajstić information content (AvgIpc) is 3.47. The number of anilines is 2. The molecule has 2 N–H and O–H groups in total. The molecule has 6 heteroatoms. The van der Waals surface area contributed by atoms with Crippen molar-refractivity contribution in [2.24, 2.45) is 0 Å². The molecule has 0 unspecified atom stereocenters. The van der Waals surface area contributed by atoms with Crippen molar-refractivity contribution >= 4 is 17.4 Å². The predicted molar refractivity (Wildman–Crippen MR) is 111 cm³/mol. The Hall–Kier alpha value is -1.79. The minimum Gasteiger partial charge on any atom is -0.369 e. The van der Waals surface area contributed by atoms with Gasteiger partial charge in [0.1, 0.15) is 0 Å². The van der Waals surface area contributed by atoms with Crippen molar-refractivity contribution in [3.63, 3.8) is 0 Å². The van der Waals surface area contributed by atoms with Gasteiger partial charge in [-0.2, -0.15) is 0 Å². The minimum atomic E-state index is -0.0743. The van der Waals surface area contributed by atoms with Gasteiger partial charge >= 0.3 is 6.03 Å². The van der Waals surface area contributed by atoms with Crippen LogP contribution in [0.5, 0.6) is 0 Å². The lowest BCUT2D eigenvalue weighted by molar-refractivity contribution is 0.189. The van der Waals surface area contributed by atoms with Crippen LogP contribution in [0.3, 0.4) is 0 Å². The second kappa shape index (κ2) is 8.07. The molecule has 3 fully saturated rings. The Morgan fingerprint density at radius 2 is 1.67 bits per heavy atom. The molecule has 2 saturated heterocycles. The van der Waals surface area contributed by atoms with Gasteiger partial charge in [-0.25, -0.2) is 4.79 Å². The number of rotatable bonds is 4. The Morgan fingerprint density at radius 1 is 0.963 bits per heavy atom. The number of amides is 2. The fourth-order valence-corrected chi connectivity index (χ4v) is 4.28. The third-order valence-electron chi connectivity index (χ3n) is 6.12. The molecule has 0 atom stereocenters. The molecule has 2 heterocycles. The fraction of sp³-hybridized carbons (Fsp3) is 0.667. The van der Waals surface area contributed by atoms with Crippen molar-refractivity contribution < 1.29 is 4.79 Å². The number of hydrogen-bond acceptors (Lipinski definition) is 4. The number of aryl methyl sites for hydroxylation is 1. The maximum Gasteiger partial charge on any atom is 0.319 e. The van der Waals surface area contributed by atoms with E-state index in [2.05, 4.69) is 57.5 Å². The maximum atomic E-state index is 12.5. The molecular formula is C21H33N5O. The van der Waals surface area contributed by atoms with Crippen LogP contribution < -0.4 is 15.5 Å². The van der Waals surface area contributed by atoms with Gasteiger partial charge in [0.15, 0.2) is 0 Å². The van der Waals surface area contributed by atoms with Crippen molar-refractivity contribution in [1.29, 1.82) is 0 Å². The quantitative estimate of drug-likeness (QED) is 0.854. The van der Waals surface area contributed by atoms with Gasteiger partial charge in [0.2, 0.25) is 0 Å². The van der Waals surface area contributed by atoms with Crippen molar-refractivity contribution in [1.82, 2.24) is 15.1 Å². The first-order valence-corrected chi connectivity index (χ1v) is 10.4. The molecule has 1 aromatic carbocycles. The van der Waals surface area contributed by atoms with Crippen LogP contribution in [0.4, 0.5) is 16.2 Å². The van der Waals surface area contributed by atoms with Gasteiger partial charge in [-0.3, -0.25) is 0 Å². The Kier molecular flexibility index (Phi) is 5.55. The number of likely N-dealkylation sites (tertiary alicyclic amines) is 1. The molecule has 1 aromatic rings. The molecule has 148 valence electrons. The fourth-order valence-electron chi connectivity index (χ4n) is 4.28. The summed E-state index contributed by atoms with van der Waals surface area (Å²) in [6.45, 7) is 8.56. The molecule has 2 aliphatic heterocycles. The summed E-state index contributed by atoms with van der Waals surface area (Å²) in [5.74, 6) is 0. The number of nitrogens with zero attached hydrogens (tertiary/aromatic N) is 3. The van der Waals surface area contributed by atoms with Gasteiger partial charge in [-0.1, -0.05) is 0 Å². The second-order valence-corrected chi connectivity index (χ2v) is 8.49. The highest BCUT2D eigenvalue weighted by Crippen LogP contribution is 2.29. The molecule has 27 heavy (non-hydrogen) atoms. The number of urea groups is 1. The summed E-state index contributed by atoms with van der Waals surface area (Å²) in [5, 5.41) is 6.24. The van der Waals surface area contributed by atoms with E-state index in [0.717, 1.165) is 63.8 Å². The number of piperidine rings is 1. The number of hydrogen-bond donors (Lipinski definition) is 2. The van der Waals surface area contributed by atoms with Gasteiger partial charge in [0, 0.05) is 62.7 Å². The Bertz CT molecular complexity index is 659. The summed E-state index contributed by atoms with van der Waals surface area (Å²) in [6.07, 6.45) is 4.84. The Morgan fingerprint density at radius 3 is 2.33 bits per heavy atom. The zero-order valence-corrected chi connectivity index (χ0v) is 16.7. The van der Waals surface area contributed by atoms with E-state index in [-0.39, 0.29) is 6.03 Å². The summed E-state index contributed by atoms with van der Waals surface area (Å²) < 4.78 is 0. The molecule has 3 aliphatic rings. The van der Waals surface area contributed by atoms with Crippen molar-refractivity contribution in [3.05, 3.63) is 23.8 Å². The third kappa shape index (κ3) is 4.93. The average molecular weight is 372 g/mol. The SMILES string of the molecule is Cc1cc(NC(=O)NC2CCN(C3CC3)CC2)cc(N2CCN(C)CC2)c1. The molecule has 4 rings (SSSR count). The Labute approximate surface area is 162 Å². The highest BCUT2D eigenvalue weighted by molar-refractivity contribution is 5.90. The van der Waals surface area contributed by atoms with Gasteiger partial charge in [0.25, 0.3) is 0 Å². The monoisotopic (exact) mass is 371 g/mol.